The van der Waals surface area contributed by atoms with E-state index >= 15 is 0 Å². The standard InChI is InChI=1S/C22H20BrClN2O4/c1-14-9-17(23)5-8-20(14)25-12-16-10-19(24)22(21(11-16)29-2)30-13-15-3-6-18(7-4-15)26(27)28/h3-11,25H,12-13H2,1-2H3. The molecule has 0 aliphatic carbocycles. The highest BCUT2D eigenvalue weighted by Crippen LogP contribution is 2.37. The van der Waals surface area contributed by atoms with Gasteiger partial charge >= 0.3 is 0 Å². The van der Waals surface area contributed by atoms with Gasteiger partial charge < -0.3 is 14.8 Å². The lowest BCUT2D eigenvalue weighted by Gasteiger charge is -2.15. The smallest absolute Gasteiger partial charge is 0.269 e. The zero-order valence-electron chi connectivity index (χ0n) is 16.4. The second-order valence-corrected chi connectivity index (χ2v) is 7.96. The van der Waals surface area contributed by atoms with E-state index in [4.69, 9.17) is 21.1 Å². The number of aryl methyl sites for hydroxylation is 1. The minimum Gasteiger partial charge on any atom is -0.493 e. The van der Waals surface area contributed by atoms with Crippen molar-refractivity contribution < 1.29 is 14.4 Å². The van der Waals surface area contributed by atoms with Crippen LogP contribution < -0.4 is 14.8 Å². The van der Waals surface area contributed by atoms with Gasteiger partial charge in [-0.25, -0.2) is 0 Å². The first kappa shape index (κ1) is 21.9. The Bertz CT molecular complexity index is 1060. The summed E-state index contributed by atoms with van der Waals surface area (Å²) in [7, 11) is 1.56. The predicted molar refractivity (Wildman–Crippen MR) is 122 cm³/mol. The largest absolute Gasteiger partial charge is 0.493 e. The van der Waals surface area contributed by atoms with Crippen LogP contribution in [0.5, 0.6) is 11.5 Å². The Morgan fingerprint density at radius 3 is 2.47 bits per heavy atom. The van der Waals surface area contributed by atoms with Gasteiger partial charge in [0, 0.05) is 28.8 Å². The number of nitrogens with zero attached hydrogens (tertiary/aromatic N) is 1. The zero-order chi connectivity index (χ0) is 21.7. The van der Waals surface area contributed by atoms with E-state index in [1.54, 1.807) is 19.2 Å². The van der Waals surface area contributed by atoms with Gasteiger partial charge in [-0.15, -0.1) is 0 Å². The molecular formula is C22H20BrClN2O4. The van der Waals surface area contributed by atoms with Gasteiger partial charge in [-0.3, -0.25) is 10.1 Å². The van der Waals surface area contributed by atoms with Crippen LogP contribution in [-0.2, 0) is 13.2 Å². The van der Waals surface area contributed by atoms with E-state index in [0.717, 1.165) is 26.9 Å². The molecule has 0 unspecified atom stereocenters. The van der Waals surface area contributed by atoms with Crippen molar-refractivity contribution in [2.75, 3.05) is 12.4 Å². The quantitative estimate of drug-likeness (QED) is 0.287. The van der Waals surface area contributed by atoms with Crippen LogP contribution in [0.2, 0.25) is 5.02 Å². The third kappa shape index (κ3) is 5.43. The molecule has 1 N–H and O–H groups in total. The Kier molecular flexibility index (Phi) is 7.18. The number of hydrogen-bond acceptors (Lipinski definition) is 5. The van der Waals surface area contributed by atoms with E-state index in [1.165, 1.54) is 12.1 Å². The van der Waals surface area contributed by atoms with Gasteiger partial charge in [0.1, 0.15) is 6.61 Å². The average molecular weight is 492 g/mol. The van der Waals surface area contributed by atoms with Gasteiger partial charge in [0.25, 0.3) is 5.69 Å². The minimum absolute atomic E-state index is 0.0345. The molecule has 0 spiro atoms. The molecule has 0 heterocycles. The van der Waals surface area contributed by atoms with Crippen LogP contribution in [0.15, 0.2) is 59.1 Å². The van der Waals surface area contributed by atoms with E-state index in [1.807, 2.05) is 37.3 Å². The number of benzene rings is 3. The lowest BCUT2D eigenvalue weighted by atomic mass is 10.1. The summed E-state index contributed by atoms with van der Waals surface area (Å²) in [5.74, 6) is 0.954. The molecule has 8 heteroatoms. The van der Waals surface area contributed by atoms with Crippen LogP contribution in [0.3, 0.4) is 0 Å². The Balaban J connectivity index is 1.71. The van der Waals surface area contributed by atoms with E-state index in [9.17, 15) is 10.1 Å². The number of hydrogen-bond donors (Lipinski definition) is 1. The Morgan fingerprint density at radius 2 is 1.83 bits per heavy atom. The van der Waals surface area contributed by atoms with E-state index in [2.05, 4.69) is 21.2 Å². The van der Waals surface area contributed by atoms with Gasteiger partial charge in [-0.05, 0) is 66.1 Å². The van der Waals surface area contributed by atoms with Crippen molar-refractivity contribution in [3.8, 4) is 11.5 Å². The highest BCUT2D eigenvalue weighted by molar-refractivity contribution is 9.10. The highest BCUT2D eigenvalue weighted by Gasteiger charge is 2.13. The molecule has 0 atom stereocenters. The summed E-state index contributed by atoms with van der Waals surface area (Å²) in [5.41, 5.74) is 3.93. The average Bonchev–Trinajstić information content (AvgIpc) is 2.72. The fraction of sp³-hybridized carbons (Fsp3) is 0.182. The summed E-state index contributed by atoms with van der Waals surface area (Å²) in [6.07, 6.45) is 0. The lowest BCUT2D eigenvalue weighted by Crippen LogP contribution is -2.03. The summed E-state index contributed by atoms with van der Waals surface area (Å²) in [5, 5.41) is 14.6. The number of non-ortho nitro benzene ring substituents is 1. The van der Waals surface area contributed by atoms with Gasteiger partial charge in [0.05, 0.1) is 17.1 Å². The maximum atomic E-state index is 10.8. The maximum Gasteiger partial charge on any atom is 0.269 e. The summed E-state index contributed by atoms with van der Waals surface area (Å²) in [6, 6.07) is 15.9. The minimum atomic E-state index is -0.437. The number of methoxy groups -OCH3 is 1. The molecule has 0 aliphatic heterocycles. The van der Waals surface area contributed by atoms with E-state index in [-0.39, 0.29) is 12.3 Å². The molecule has 0 saturated carbocycles. The van der Waals surface area contributed by atoms with Gasteiger partial charge in [-0.2, -0.15) is 0 Å². The van der Waals surface area contributed by atoms with Crippen molar-refractivity contribution in [2.45, 2.75) is 20.1 Å². The fourth-order valence-electron chi connectivity index (χ4n) is 2.91. The second kappa shape index (κ2) is 9.82. The van der Waals surface area contributed by atoms with Crippen molar-refractivity contribution in [3.63, 3.8) is 0 Å². The number of nitro groups is 1. The number of nitrogens with one attached hydrogen (secondary N) is 1. The summed E-state index contributed by atoms with van der Waals surface area (Å²) < 4.78 is 12.3. The van der Waals surface area contributed by atoms with Gasteiger partial charge in [0.15, 0.2) is 11.5 Å². The molecule has 6 nitrogen and oxygen atoms in total. The fourth-order valence-corrected chi connectivity index (χ4v) is 3.67. The molecule has 3 rings (SSSR count). The molecule has 0 fully saturated rings. The SMILES string of the molecule is COc1cc(CNc2ccc(Br)cc2C)cc(Cl)c1OCc1ccc([N+](=O)[O-])cc1. The first-order valence-corrected chi connectivity index (χ1v) is 10.3. The summed E-state index contributed by atoms with van der Waals surface area (Å²) in [6.45, 7) is 2.82. The number of ether oxygens (including phenoxy) is 2. The van der Waals surface area contributed by atoms with Crippen molar-refractivity contribution in [1.82, 2.24) is 0 Å². The Morgan fingerprint density at radius 1 is 1.10 bits per heavy atom. The van der Waals surface area contributed by atoms with Crippen LogP contribution in [-0.4, -0.2) is 12.0 Å². The zero-order valence-corrected chi connectivity index (χ0v) is 18.8. The first-order chi connectivity index (χ1) is 14.4. The number of nitro benzene ring substituents is 1. The maximum absolute atomic E-state index is 10.8. The van der Waals surface area contributed by atoms with Crippen LogP contribution in [0, 0.1) is 17.0 Å². The Labute approximate surface area is 188 Å². The molecular weight excluding hydrogens is 472 g/mol. The number of anilines is 1. The molecule has 0 saturated heterocycles. The molecule has 0 aromatic heterocycles. The first-order valence-electron chi connectivity index (χ1n) is 9.10. The molecule has 3 aromatic carbocycles. The molecule has 0 bridgehead atoms. The van der Waals surface area contributed by atoms with Crippen molar-refractivity contribution in [2.24, 2.45) is 0 Å². The second-order valence-electron chi connectivity index (χ2n) is 6.63. The molecule has 156 valence electrons. The molecule has 0 aliphatic rings. The van der Waals surface area contributed by atoms with Crippen molar-refractivity contribution >= 4 is 38.9 Å². The Hall–Kier alpha value is -2.77. The predicted octanol–water partition coefficient (Wildman–Crippen LogP) is 6.52. The molecule has 0 radical (unpaired) electrons. The molecule has 3 aromatic rings. The van der Waals surface area contributed by atoms with E-state index in [0.29, 0.717) is 23.1 Å². The lowest BCUT2D eigenvalue weighted by molar-refractivity contribution is -0.384. The van der Waals surface area contributed by atoms with Crippen molar-refractivity contribution in [1.29, 1.82) is 0 Å². The normalized spacial score (nSPS) is 10.5. The van der Waals surface area contributed by atoms with E-state index < -0.39 is 4.92 Å². The molecule has 30 heavy (non-hydrogen) atoms. The molecule has 0 amide bonds. The number of rotatable bonds is 8. The van der Waals surface area contributed by atoms with Crippen LogP contribution in [0.4, 0.5) is 11.4 Å². The highest BCUT2D eigenvalue weighted by atomic mass is 79.9. The van der Waals surface area contributed by atoms with Crippen LogP contribution >= 0.6 is 27.5 Å². The van der Waals surface area contributed by atoms with Gasteiger partial charge in [0.2, 0.25) is 0 Å². The van der Waals surface area contributed by atoms with Crippen LogP contribution in [0.25, 0.3) is 0 Å². The summed E-state index contributed by atoms with van der Waals surface area (Å²) >= 11 is 9.92. The van der Waals surface area contributed by atoms with Crippen LogP contribution in [0.1, 0.15) is 16.7 Å². The third-order valence-corrected chi connectivity index (χ3v) is 5.26. The van der Waals surface area contributed by atoms with Crippen molar-refractivity contribution in [3.05, 3.63) is 90.9 Å². The summed E-state index contributed by atoms with van der Waals surface area (Å²) in [4.78, 5) is 10.3. The van der Waals surface area contributed by atoms with Gasteiger partial charge in [-0.1, -0.05) is 27.5 Å². The third-order valence-electron chi connectivity index (χ3n) is 4.49. The monoisotopic (exact) mass is 490 g/mol. The number of halogens is 2. The topological polar surface area (TPSA) is 73.6 Å².